The summed E-state index contributed by atoms with van der Waals surface area (Å²) in [6, 6.07) is -21.7. The average Bonchev–Trinajstić information content (AvgIpc) is 0.742. The molecule has 0 spiro atoms. The molecule has 276 valence electrons. The second-order valence-corrected chi connectivity index (χ2v) is 11.0. The second kappa shape index (κ2) is 18.9. The minimum Gasteiger partial charge on any atom is -0.213 e. The zero-order chi connectivity index (χ0) is 70.6. The van der Waals surface area contributed by atoms with Crippen molar-refractivity contribution in [1.82, 2.24) is 15.0 Å². The van der Waals surface area contributed by atoms with Crippen LogP contribution in [0.15, 0.2) is 218 Å². The lowest BCUT2D eigenvalue weighted by molar-refractivity contribution is 0.992. The Morgan fingerprint density at radius 2 is 0.649 bits per heavy atom. The number of aryl methyl sites for hydroxylation is 1. The molecular weight excluding hydrogens is 691 g/mol. The molecule has 0 atom stereocenters. The average molecular weight is 772 g/mol. The SMILES string of the molecule is [2H]c1c([2H])c([2H])c(-c2c([2H])c(C)c([2H])c(-c3c([2H])c([2H])c([2H])c([2H])c3[2H])c2[2H])c([2H])c1[2H].[2H]c1c([2H])c([2H])c(-c2c([2H])c([2H])c(C)c(-c3c([2H])c([2H])c([2H])c([2H])c3[2H])c2[2H])c([2H])c1[2H].[2H]c1c([2H])c([2H])c(-c2nc(C)nc(-c3c([2H])c([2H])c([2H])c([2H])c3[2H])n2)c([2H])c1[2H]. The standard InChI is InChI=1S/2C19H16.C16H13N3/c1-15-12-18(16-8-4-2-5-9-16)14-19(13-15)17-10-6-3-7-11-17;1-15-12-13-18(16-8-4-2-5-9-16)14-19(15)17-10-6-3-7-11-17;1-12-17-15(13-8-4-2-5-9-13)19-16(18-12)14-10-6-3-7-11-14/h2*2-14H,1H3;2-11H,1H3/i2*2D,3D,4D,5D,6D,7D,8D,9D,10D,11D,12D,13D,14D;2D,3D,4D,5D,6D,7D,8D,9D,10D,11D. The molecule has 0 aliphatic carbocycles. The van der Waals surface area contributed by atoms with Crippen molar-refractivity contribution in [3.05, 3.63) is 234 Å². The van der Waals surface area contributed by atoms with E-state index in [9.17, 15) is 0 Å². The fourth-order valence-corrected chi connectivity index (χ4v) is 4.62. The van der Waals surface area contributed by atoms with Crippen molar-refractivity contribution in [3.63, 3.8) is 0 Å². The lowest BCUT2D eigenvalue weighted by atomic mass is 9.95. The summed E-state index contributed by atoms with van der Waals surface area (Å²) < 4.78 is 289. The molecule has 0 N–H and O–H groups in total. The van der Waals surface area contributed by atoms with E-state index in [0.717, 1.165) is 0 Å². The number of nitrogens with zero attached hydrogens (tertiary/aromatic N) is 3. The van der Waals surface area contributed by atoms with Gasteiger partial charge in [-0.25, -0.2) is 15.0 Å². The van der Waals surface area contributed by atoms with Gasteiger partial charge in [-0.2, -0.15) is 0 Å². The Kier molecular flexibility index (Phi) is 4.66. The molecule has 3 nitrogen and oxygen atoms in total. The Morgan fingerprint density at radius 1 is 0.298 bits per heavy atom. The first-order valence-corrected chi connectivity index (χ1v) is 16.3. The Hall–Kier alpha value is -7.23. The van der Waals surface area contributed by atoms with Gasteiger partial charge in [0.15, 0.2) is 11.6 Å². The van der Waals surface area contributed by atoms with E-state index in [1.165, 1.54) is 20.8 Å². The predicted octanol–water partition coefficient (Wildman–Crippen LogP) is 14.2. The second-order valence-electron chi connectivity index (χ2n) is 11.0. The van der Waals surface area contributed by atoms with Crippen molar-refractivity contribution in [2.75, 3.05) is 0 Å². The third-order valence-electron chi connectivity index (χ3n) is 7.07. The van der Waals surface area contributed by atoms with Gasteiger partial charge in [0, 0.05) is 11.1 Å². The van der Waals surface area contributed by atoms with E-state index in [1.807, 2.05) is 0 Å². The highest BCUT2D eigenvalue weighted by atomic mass is 15.0. The summed E-state index contributed by atoms with van der Waals surface area (Å²) in [6.45, 7) is 4.17. The molecule has 3 heteroatoms. The van der Waals surface area contributed by atoms with Crippen LogP contribution in [0.3, 0.4) is 0 Å². The zero-order valence-corrected chi connectivity index (χ0v) is 29.8. The van der Waals surface area contributed by atoms with E-state index < -0.39 is 240 Å². The van der Waals surface area contributed by atoms with Crippen molar-refractivity contribution < 1.29 is 49.3 Å². The van der Waals surface area contributed by atoms with E-state index in [0.29, 0.717) is 0 Å². The maximum absolute atomic E-state index is 8.70. The molecule has 1 heterocycles. The molecule has 57 heavy (non-hydrogen) atoms. The van der Waals surface area contributed by atoms with Crippen molar-refractivity contribution in [2.24, 2.45) is 0 Å². The maximum Gasteiger partial charge on any atom is 0.163 e. The van der Waals surface area contributed by atoms with Gasteiger partial charge in [0.1, 0.15) is 5.82 Å². The van der Waals surface area contributed by atoms with E-state index in [1.54, 1.807) is 0 Å². The first-order valence-electron chi connectivity index (χ1n) is 34.3. The molecule has 0 saturated carbocycles. The highest BCUT2D eigenvalue weighted by Gasteiger charge is 2.08. The summed E-state index contributed by atoms with van der Waals surface area (Å²) in [4.78, 5) is 12.2. The van der Waals surface area contributed by atoms with Gasteiger partial charge in [0.2, 0.25) is 0 Å². The third kappa shape index (κ3) is 10.3. The van der Waals surface area contributed by atoms with Crippen LogP contribution >= 0.6 is 0 Å². The molecule has 0 unspecified atom stereocenters. The number of hydrogen-bond donors (Lipinski definition) is 0. The number of rotatable bonds is 6. The fraction of sp³-hybridized carbons (Fsp3) is 0.0556. The summed E-state index contributed by atoms with van der Waals surface area (Å²) in [7, 11) is 0. The molecular formula is C54H45N3. The largest absolute Gasteiger partial charge is 0.213 e. The quantitative estimate of drug-likeness (QED) is 0.169. The van der Waals surface area contributed by atoms with Crippen LogP contribution in [-0.2, 0) is 0 Å². The predicted molar refractivity (Wildman–Crippen MR) is 240 cm³/mol. The van der Waals surface area contributed by atoms with Gasteiger partial charge in [-0.15, -0.1) is 0 Å². The number of hydrogen-bond acceptors (Lipinski definition) is 3. The lowest BCUT2D eigenvalue weighted by Gasteiger charge is -2.09. The summed E-state index contributed by atoms with van der Waals surface area (Å²) >= 11 is 0. The number of benzene rings is 8. The molecule has 0 amide bonds. The topological polar surface area (TPSA) is 38.7 Å². The van der Waals surface area contributed by atoms with Crippen LogP contribution in [-0.4, -0.2) is 15.0 Å². The summed E-state index contributed by atoms with van der Waals surface area (Å²) in [5.41, 5.74) is -3.69. The van der Waals surface area contributed by atoms with Gasteiger partial charge >= 0.3 is 0 Å². The van der Waals surface area contributed by atoms with Crippen LogP contribution in [0.25, 0.3) is 67.3 Å². The molecule has 9 rings (SSSR count). The van der Waals surface area contributed by atoms with Crippen LogP contribution < -0.4 is 0 Å². The van der Waals surface area contributed by atoms with Gasteiger partial charge in [-0.1, -0.05) is 205 Å². The Bertz CT molecular complexity index is 4080. The zero-order valence-electron chi connectivity index (χ0n) is 65.8. The van der Waals surface area contributed by atoms with Gasteiger partial charge in [-0.05, 0) is 88.5 Å². The van der Waals surface area contributed by atoms with Gasteiger partial charge in [0.05, 0.1) is 49.3 Å². The van der Waals surface area contributed by atoms with Crippen LogP contribution in [0, 0.1) is 20.8 Å². The molecule has 0 radical (unpaired) electrons. The normalized spacial score (nSPS) is 19.2. The number of aromatic nitrogens is 3. The minimum absolute atomic E-state index is 0.00496. The Balaban J connectivity index is 0.000000198. The van der Waals surface area contributed by atoms with Crippen molar-refractivity contribution in [2.45, 2.75) is 20.8 Å². The van der Waals surface area contributed by atoms with Crippen LogP contribution in [0.5, 0.6) is 0 Å². The van der Waals surface area contributed by atoms with E-state index in [4.69, 9.17) is 49.3 Å². The van der Waals surface area contributed by atoms with E-state index in [-0.39, 0.29) is 62.0 Å². The monoisotopic (exact) mass is 772 g/mol. The maximum atomic E-state index is 8.70. The fourth-order valence-electron chi connectivity index (χ4n) is 4.62. The summed E-state index contributed by atoms with van der Waals surface area (Å²) in [6.07, 6.45) is 0. The first kappa shape index (κ1) is 14.1. The molecule has 9 aromatic rings. The molecule has 0 saturated heterocycles. The third-order valence-corrected chi connectivity index (χ3v) is 7.07. The molecule has 0 aliphatic heterocycles. The highest BCUT2D eigenvalue weighted by molar-refractivity contribution is 5.76. The van der Waals surface area contributed by atoms with Crippen LogP contribution in [0.2, 0.25) is 0 Å². The Morgan fingerprint density at radius 3 is 1.05 bits per heavy atom. The lowest BCUT2D eigenvalue weighted by Crippen LogP contribution is -1.99. The minimum atomic E-state index is -0.684. The Labute approximate surface area is 387 Å². The first-order chi connectivity index (χ1) is 43.0. The summed E-state index contributed by atoms with van der Waals surface area (Å²) in [5, 5.41) is 0. The summed E-state index contributed by atoms with van der Waals surface area (Å²) in [5.74, 6) is -0.420. The molecule has 1 aromatic heterocycles. The molecule has 0 fully saturated rings. The van der Waals surface area contributed by atoms with E-state index >= 15 is 0 Å². The highest BCUT2D eigenvalue weighted by Crippen LogP contribution is 2.30. The van der Waals surface area contributed by atoms with Crippen molar-refractivity contribution >= 4 is 0 Å². The van der Waals surface area contributed by atoms with Gasteiger partial charge in [-0.3, -0.25) is 0 Å². The van der Waals surface area contributed by atoms with Crippen LogP contribution in [0.4, 0.5) is 0 Å². The smallest absolute Gasteiger partial charge is 0.163 e. The van der Waals surface area contributed by atoms with Crippen molar-refractivity contribution in [1.29, 1.82) is 0 Å². The van der Waals surface area contributed by atoms with Crippen LogP contribution in [0.1, 0.15) is 66.3 Å². The van der Waals surface area contributed by atoms with Gasteiger partial charge < -0.3 is 0 Å². The van der Waals surface area contributed by atoms with Crippen molar-refractivity contribution in [3.8, 4) is 67.3 Å². The van der Waals surface area contributed by atoms with E-state index in [2.05, 4.69) is 15.0 Å². The molecule has 0 bridgehead atoms. The molecule has 8 aromatic carbocycles. The molecule has 0 aliphatic rings. The van der Waals surface area contributed by atoms with Gasteiger partial charge in [0.25, 0.3) is 0 Å².